The Morgan fingerprint density at radius 2 is 2.06 bits per heavy atom. The number of halogens is 3. The van der Waals surface area contributed by atoms with Gasteiger partial charge in [-0.25, -0.2) is 18.1 Å². The molecule has 1 aliphatic carbocycles. The van der Waals surface area contributed by atoms with Crippen LogP contribution in [0.15, 0.2) is 30.5 Å². The zero-order valence-electron chi connectivity index (χ0n) is 16.8. The van der Waals surface area contributed by atoms with Crippen LogP contribution in [0.3, 0.4) is 0 Å². The van der Waals surface area contributed by atoms with Crippen LogP contribution in [-0.2, 0) is 11.3 Å². The smallest absolute Gasteiger partial charge is 0.237 e. The van der Waals surface area contributed by atoms with Crippen molar-refractivity contribution in [3.05, 3.63) is 64.7 Å². The third-order valence-corrected chi connectivity index (χ3v) is 6.38. The van der Waals surface area contributed by atoms with Crippen molar-refractivity contribution in [3.8, 4) is 0 Å². The lowest BCUT2D eigenvalue weighted by Crippen LogP contribution is -2.50. The molecule has 1 fully saturated rings. The zero-order valence-corrected chi connectivity index (χ0v) is 16.8. The number of pyridine rings is 1. The summed E-state index contributed by atoms with van der Waals surface area (Å²) in [5, 5.41) is 13.0. The molecule has 0 spiro atoms. The van der Waals surface area contributed by atoms with Gasteiger partial charge in [-0.05, 0) is 37.1 Å². The molecule has 1 saturated heterocycles. The molecular formula is C22H21F3N4O2. The van der Waals surface area contributed by atoms with Gasteiger partial charge in [0.1, 0.15) is 0 Å². The molecule has 0 radical (unpaired) electrons. The maximum Gasteiger partial charge on any atom is 0.237 e. The van der Waals surface area contributed by atoms with Crippen LogP contribution in [0.25, 0.3) is 5.57 Å². The number of aryl methyl sites for hydroxylation is 1. The maximum atomic E-state index is 14.5. The molecule has 1 amide bonds. The summed E-state index contributed by atoms with van der Waals surface area (Å²) in [7, 11) is 0. The number of hydrogen-bond donors (Lipinski definition) is 2. The van der Waals surface area contributed by atoms with E-state index in [1.54, 1.807) is 24.1 Å². The average Bonchev–Trinajstić information content (AvgIpc) is 3.35. The van der Waals surface area contributed by atoms with E-state index in [1.165, 1.54) is 11.0 Å². The van der Waals surface area contributed by atoms with Gasteiger partial charge in [0.15, 0.2) is 23.8 Å². The zero-order chi connectivity index (χ0) is 21.9. The summed E-state index contributed by atoms with van der Waals surface area (Å²) in [6.07, 6.45) is 3.01. The molecule has 9 heteroatoms. The first-order valence-corrected chi connectivity index (χ1v) is 10.1. The Morgan fingerprint density at radius 1 is 1.26 bits per heavy atom. The van der Waals surface area contributed by atoms with Crippen molar-refractivity contribution in [2.75, 3.05) is 18.4 Å². The van der Waals surface area contributed by atoms with E-state index in [4.69, 9.17) is 0 Å². The third kappa shape index (κ3) is 3.28. The number of aliphatic hydroxyl groups is 1. The van der Waals surface area contributed by atoms with Gasteiger partial charge in [-0.2, -0.15) is 0 Å². The number of nitrogens with one attached hydrogen (secondary N) is 1. The van der Waals surface area contributed by atoms with Crippen LogP contribution < -0.4 is 5.32 Å². The van der Waals surface area contributed by atoms with Crippen LogP contribution in [0.2, 0.25) is 0 Å². The molecule has 3 heterocycles. The number of carbonyl (C=O) groups excluding carboxylic acids is 1. The minimum atomic E-state index is -1.19. The first-order valence-electron chi connectivity index (χ1n) is 10.1. The van der Waals surface area contributed by atoms with Crippen LogP contribution >= 0.6 is 0 Å². The molecule has 6 nitrogen and oxygen atoms in total. The molecule has 2 aliphatic heterocycles. The standard InChI is InChI=1S/C22H21F3N4O2/c1-11-20(24)14(4-5-26-11)15-7-13-6-12(15)8-29(13)19(30)10-28-9-16-18(27-22(28)31)3-2-17(23)21(16)25/h2-5,7,12-13,22,27,31H,6,8-10H2,1H3/t12-,13-,22?/m0/s1. The predicted octanol–water partition coefficient (Wildman–Crippen LogP) is 2.63. The number of aliphatic hydroxyl groups excluding tert-OH is 1. The molecule has 3 aliphatic rings. The number of anilines is 1. The van der Waals surface area contributed by atoms with E-state index in [-0.39, 0.29) is 42.3 Å². The Kier molecular flexibility index (Phi) is 4.75. The summed E-state index contributed by atoms with van der Waals surface area (Å²) < 4.78 is 42.2. The lowest BCUT2D eigenvalue weighted by molar-refractivity contribution is -0.135. The summed E-state index contributed by atoms with van der Waals surface area (Å²) in [4.78, 5) is 20.0. The van der Waals surface area contributed by atoms with E-state index in [9.17, 15) is 23.1 Å². The van der Waals surface area contributed by atoms with Gasteiger partial charge in [0, 0.05) is 42.0 Å². The topological polar surface area (TPSA) is 68.7 Å². The highest BCUT2D eigenvalue weighted by Crippen LogP contribution is 2.43. The van der Waals surface area contributed by atoms with Crippen molar-refractivity contribution in [1.29, 1.82) is 0 Å². The number of benzene rings is 1. The minimum Gasteiger partial charge on any atom is -0.361 e. The van der Waals surface area contributed by atoms with Crippen molar-refractivity contribution >= 4 is 17.2 Å². The lowest BCUT2D eigenvalue weighted by Gasteiger charge is -2.36. The highest BCUT2D eigenvalue weighted by atomic mass is 19.2. The number of nitrogens with zero attached hydrogens (tertiary/aromatic N) is 3. The van der Waals surface area contributed by atoms with Gasteiger partial charge in [-0.15, -0.1) is 0 Å². The Balaban J connectivity index is 1.31. The van der Waals surface area contributed by atoms with Gasteiger partial charge >= 0.3 is 0 Å². The van der Waals surface area contributed by atoms with Crippen LogP contribution in [0.1, 0.15) is 23.2 Å². The second-order valence-electron chi connectivity index (χ2n) is 8.24. The molecule has 1 aromatic heterocycles. The largest absolute Gasteiger partial charge is 0.361 e. The van der Waals surface area contributed by atoms with E-state index in [0.717, 1.165) is 11.6 Å². The number of likely N-dealkylation sites (tertiary alicyclic amines) is 1. The minimum absolute atomic E-state index is 0.0296. The fourth-order valence-corrected chi connectivity index (χ4v) is 4.77. The summed E-state index contributed by atoms with van der Waals surface area (Å²) in [6, 6.07) is 3.85. The van der Waals surface area contributed by atoms with E-state index < -0.39 is 18.0 Å². The van der Waals surface area contributed by atoms with Crippen LogP contribution in [0.4, 0.5) is 18.9 Å². The Morgan fingerprint density at radius 3 is 2.81 bits per heavy atom. The van der Waals surface area contributed by atoms with Gasteiger partial charge in [-0.1, -0.05) is 6.08 Å². The van der Waals surface area contributed by atoms with Gasteiger partial charge in [0.25, 0.3) is 0 Å². The second kappa shape index (κ2) is 7.35. The van der Waals surface area contributed by atoms with Gasteiger partial charge in [-0.3, -0.25) is 9.78 Å². The number of fused-ring (bicyclic) bond motifs is 3. The lowest BCUT2D eigenvalue weighted by atomic mass is 9.95. The quantitative estimate of drug-likeness (QED) is 0.784. The summed E-state index contributed by atoms with van der Waals surface area (Å²) in [5.74, 6) is -2.50. The Labute approximate surface area is 177 Å². The summed E-state index contributed by atoms with van der Waals surface area (Å²) in [6.45, 7) is 1.82. The van der Waals surface area contributed by atoms with Gasteiger partial charge in [0.05, 0.1) is 18.3 Å². The molecular weight excluding hydrogens is 409 g/mol. The van der Waals surface area contributed by atoms with Gasteiger partial charge < -0.3 is 15.3 Å². The Hall–Kier alpha value is -2.91. The highest BCUT2D eigenvalue weighted by Gasteiger charge is 2.43. The van der Waals surface area contributed by atoms with Crippen molar-refractivity contribution in [3.63, 3.8) is 0 Å². The number of carbonyl (C=O) groups is 1. The van der Waals surface area contributed by atoms with Crippen LogP contribution in [0, 0.1) is 30.3 Å². The Bertz CT molecular complexity index is 1110. The molecule has 31 heavy (non-hydrogen) atoms. The molecule has 5 rings (SSSR count). The second-order valence-corrected chi connectivity index (χ2v) is 8.24. The number of amides is 1. The first kappa shape index (κ1) is 20.0. The van der Waals surface area contributed by atoms with Gasteiger partial charge in [0.2, 0.25) is 5.91 Å². The normalized spacial score (nSPS) is 24.7. The number of hydrogen-bond acceptors (Lipinski definition) is 5. The van der Waals surface area contributed by atoms with E-state index in [1.807, 2.05) is 6.08 Å². The molecule has 0 saturated carbocycles. The monoisotopic (exact) mass is 430 g/mol. The number of aromatic nitrogens is 1. The molecule has 1 aromatic carbocycles. The molecule has 162 valence electrons. The molecule has 1 unspecified atom stereocenters. The summed E-state index contributed by atoms with van der Waals surface area (Å²) in [5.41, 5.74) is 2.13. The first-order chi connectivity index (χ1) is 14.8. The summed E-state index contributed by atoms with van der Waals surface area (Å²) >= 11 is 0. The van der Waals surface area contributed by atoms with Crippen molar-refractivity contribution in [2.45, 2.75) is 32.3 Å². The SMILES string of the molecule is Cc1nccc(C2=C[C@@H]3C[C@H]2CN3C(=O)CN2Cc3c(ccc(F)c3F)NC2O)c1F. The number of rotatable bonds is 3. The van der Waals surface area contributed by atoms with Crippen molar-refractivity contribution in [2.24, 2.45) is 5.92 Å². The van der Waals surface area contributed by atoms with Crippen molar-refractivity contribution < 1.29 is 23.1 Å². The predicted molar refractivity (Wildman–Crippen MR) is 107 cm³/mol. The maximum absolute atomic E-state index is 14.5. The third-order valence-electron chi connectivity index (χ3n) is 6.38. The molecule has 2 bridgehead atoms. The highest BCUT2D eigenvalue weighted by molar-refractivity contribution is 5.83. The van der Waals surface area contributed by atoms with Crippen LogP contribution in [-0.4, -0.2) is 51.3 Å². The van der Waals surface area contributed by atoms with Crippen LogP contribution in [0.5, 0.6) is 0 Å². The fourth-order valence-electron chi connectivity index (χ4n) is 4.77. The average molecular weight is 430 g/mol. The molecule has 2 aromatic rings. The fraction of sp³-hybridized carbons (Fsp3) is 0.364. The van der Waals surface area contributed by atoms with E-state index in [2.05, 4.69) is 10.3 Å². The van der Waals surface area contributed by atoms with E-state index in [0.29, 0.717) is 29.9 Å². The van der Waals surface area contributed by atoms with E-state index >= 15 is 0 Å². The molecule has 3 atom stereocenters. The molecule has 2 N–H and O–H groups in total. The van der Waals surface area contributed by atoms with Crippen molar-refractivity contribution in [1.82, 2.24) is 14.8 Å².